The summed E-state index contributed by atoms with van der Waals surface area (Å²) in [5.74, 6) is 0.511. The zero-order chi connectivity index (χ0) is 15.1. The van der Waals surface area contributed by atoms with E-state index < -0.39 is 0 Å². The maximum atomic E-state index is 11.3. The molecular weight excluding hydrogens is 254 g/mol. The number of para-hydroxylation sites is 1. The summed E-state index contributed by atoms with van der Waals surface area (Å²) < 4.78 is 0. The van der Waals surface area contributed by atoms with Gasteiger partial charge in [-0.2, -0.15) is 0 Å². The van der Waals surface area contributed by atoms with Gasteiger partial charge in [0.2, 0.25) is 0 Å². The number of nitro groups is 1. The molecule has 0 saturated carbocycles. The number of hydrogen-bond donors (Lipinski definition) is 2. The van der Waals surface area contributed by atoms with Crippen LogP contribution in [0.3, 0.4) is 0 Å². The molecule has 0 aliphatic heterocycles. The zero-order valence-electron chi connectivity index (χ0n) is 12.8. The Kier molecular flexibility index (Phi) is 6.28. The molecule has 20 heavy (non-hydrogen) atoms. The van der Waals surface area contributed by atoms with Crippen molar-refractivity contribution in [1.29, 1.82) is 0 Å². The van der Waals surface area contributed by atoms with E-state index in [4.69, 9.17) is 0 Å². The highest BCUT2D eigenvalue weighted by atomic mass is 16.6. The number of nitro benzene ring substituents is 1. The van der Waals surface area contributed by atoms with Crippen molar-refractivity contribution in [2.75, 3.05) is 17.2 Å². The van der Waals surface area contributed by atoms with Crippen LogP contribution < -0.4 is 10.6 Å². The molecule has 0 aromatic heterocycles. The SMILES string of the molecule is CCNc1cccc(NC(C)C(CC)CC)c1[N+](=O)[O-]. The molecule has 1 rings (SSSR count). The van der Waals surface area contributed by atoms with E-state index in [1.165, 1.54) is 0 Å². The average molecular weight is 279 g/mol. The highest BCUT2D eigenvalue weighted by Crippen LogP contribution is 2.34. The quantitative estimate of drug-likeness (QED) is 0.551. The molecule has 1 aromatic rings. The van der Waals surface area contributed by atoms with Gasteiger partial charge in [0.05, 0.1) is 4.92 Å². The summed E-state index contributed by atoms with van der Waals surface area (Å²) in [6.45, 7) is 8.97. The molecule has 2 N–H and O–H groups in total. The Balaban J connectivity index is 3.05. The van der Waals surface area contributed by atoms with Gasteiger partial charge in [-0.25, -0.2) is 0 Å². The van der Waals surface area contributed by atoms with Crippen LogP contribution in [0.1, 0.15) is 40.5 Å². The molecule has 0 spiro atoms. The summed E-state index contributed by atoms with van der Waals surface area (Å²) in [6, 6.07) is 5.57. The number of anilines is 2. The standard InChI is InChI=1S/C15H25N3O2/c1-5-12(6-2)11(4)17-14-10-8-9-13(16-7-3)15(14)18(19)20/h8-12,16-17H,5-7H2,1-4H3. The van der Waals surface area contributed by atoms with E-state index in [-0.39, 0.29) is 16.7 Å². The second kappa shape index (κ2) is 7.72. The first-order valence-electron chi connectivity index (χ1n) is 7.32. The van der Waals surface area contributed by atoms with E-state index in [1.54, 1.807) is 12.1 Å². The van der Waals surface area contributed by atoms with Crippen molar-refractivity contribution in [2.45, 2.75) is 46.6 Å². The average Bonchev–Trinajstić information content (AvgIpc) is 2.40. The lowest BCUT2D eigenvalue weighted by atomic mass is 9.95. The Labute approximate surface area is 120 Å². The summed E-state index contributed by atoms with van der Waals surface area (Å²) >= 11 is 0. The molecule has 1 unspecified atom stereocenters. The van der Waals surface area contributed by atoms with Crippen molar-refractivity contribution in [3.63, 3.8) is 0 Å². The molecule has 0 bridgehead atoms. The Morgan fingerprint density at radius 2 is 1.80 bits per heavy atom. The summed E-state index contributed by atoms with van der Waals surface area (Å²) in [7, 11) is 0. The Hall–Kier alpha value is -1.78. The minimum atomic E-state index is -0.319. The molecule has 0 fully saturated rings. The van der Waals surface area contributed by atoms with Gasteiger partial charge in [0.1, 0.15) is 11.4 Å². The lowest BCUT2D eigenvalue weighted by Crippen LogP contribution is -2.25. The van der Waals surface area contributed by atoms with Gasteiger partial charge in [-0.15, -0.1) is 0 Å². The third kappa shape index (κ3) is 3.85. The molecule has 5 nitrogen and oxygen atoms in total. The second-order valence-electron chi connectivity index (χ2n) is 5.00. The monoisotopic (exact) mass is 279 g/mol. The summed E-state index contributed by atoms with van der Waals surface area (Å²) in [5, 5.41) is 17.7. The van der Waals surface area contributed by atoms with Crippen molar-refractivity contribution in [3.8, 4) is 0 Å². The number of nitrogens with zero attached hydrogens (tertiary/aromatic N) is 1. The number of rotatable bonds is 8. The zero-order valence-corrected chi connectivity index (χ0v) is 12.8. The summed E-state index contributed by atoms with van der Waals surface area (Å²) in [6.07, 6.45) is 2.12. The van der Waals surface area contributed by atoms with Crippen molar-refractivity contribution in [1.82, 2.24) is 0 Å². The maximum absolute atomic E-state index is 11.3. The van der Waals surface area contributed by atoms with Crippen LogP contribution in [-0.2, 0) is 0 Å². The molecule has 1 aromatic carbocycles. The van der Waals surface area contributed by atoms with E-state index in [0.29, 0.717) is 23.8 Å². The van der Waals surface area contributed by atoms with Gasteiger partial charge in [-0.1, -0.05) is 32.8 Å². The van der Waals surface area contributed by atoms with Crippen molar-refractivity contribution in [3.05, 3.63) is 28.3 Å². The minimum absolute atomic E-state index is 0.132. The van der Waals surface area contributed by atoms with E-state index in [2.05, 4.69) is 31.4 Å². The fourth-order valence-corrected chi connectivity index (χ4v) is 2.55. The van der Waals surface area contributed by atoms with Crippen LogP contribution >= 0.6 is 0 Å². The molecule has 0 amide bonds. The first-order chi connectivity index (χ1) is 9.54. The van der Waals surface area contributed by atoms with Gasteiger partial charge in [-0.3, -0.25) is 10.1 Å². The molecule has 1 atom stereocenters. The molecule has 0 saturated heterocycles. The van der Waals surface area contributed by atoms with Crippen molar-refractivity contribution >= 4 is 17.1 Å². The first-order valence-corrected chi connectivity index (χ1v) is 7.32. The Morgan fingerprint density at radius 3 is 2.30 bits per heavy atom. The minimum Gasteiger partial charge on any atom is -0.380 e. The lowest BCUT2D eigenvalue weighted by molar-refractivity contribution is -0.383. The van der Waals surface area contributed by atoms with Gasteiger partial charge < -0.3 is 10.6 Å². The van der Waals surface area contributed by atoms with Crippen molar-refractivity contribution < 1.29 is 4.92 Å². The normalized spacial score (nSPS) is 12.2. The summed E-state index contributed by atoms with van der Waals surface area (Å²) in [5.41, 5.74) is 1.29. The highest BCUT2D eigenvalue weighted by molar-refractivity contribution is 5.76. The van der Waals surface area contributed by atoms with E-state index in [0.717, 1.165) is 12.8 Å². The second-order valence-corrected chi connectivity index (χ2v) is 5.00. The van der Waals surface area contributed by atoms with Crippen LogP contribution in [0, 0.1) is 16.0 Å². The van der Waals surface area contributed by atoms with Crippen LogP contribution in [0.5, 0.6) is 0 Å². The molecule has 0 heterocycles. The molecular formula is C15H25N3O2. The highest BCUT2D eigenvalue weighted by Gasteiger charge is 2.22. The first kappa shape index (κ1) is 16.3. The van der Waals surface area contributed by atoms with Crippen LogP contribution in [0.4, 0.5) is 17.1 Å². The van der Waals surface area contributed by atoms with Gasteiger partial charge in [-0.05, 0) is 31.9 Å². The van der Waals surface area contributed by atoms with Gasteiger partial charge in [0.15, 0.2) is 0 Å². The predicted molar refractivity (Wildman–Crippen MR) is 84.4 cm³/mol. The lowest BCUT2D eigenvalue weighted by Gasteiger charge is -2.23. The fraction of sp³-hybridized carbons (Fsp3) is 0.600. The van der Waals surface area contributed by atoms with Crippen molar-refractivity contribution in [2.24, 2.45) is 5.92 Å². The van der Waals surface area contributed by atoms with Crippen LogP contribution in [0.25, 0.3) is 0 Å². The predicted octanol–water partition coefficient (Wildman–Crippen LogP) is 4.26. The third-order valence-corrected chi connectivity index (χ3v) is 3.72. The van der Waals surface area contributed by atoms with Crippen LogP contribution in [0.15, 0.2) is 18.2 Å². The molecule has 0 radical (unpaired) electrons. The Bertz CT molecular complexity index is 445. The molecule has 0 aliphatic carbocycles. The molecule has 5 heteroatoms. The number of nitrogens with one attached hydrogen (secondary N) is 2. The molecule has 112 valence electrons. The Morgan fingerprint density at radius 1 is 1.20 bits per heavy atom. The maximum Gasteiger partial charge on any atom is 0.315 e. The van der Waals surface area contributed by atoms with Gasteiger partial charge in [0.25, 0.3) is 0 Å². The van der Waals surface area contributed by atoms with Gasteiger partial charge in [0, 0.05) is 12.6 Å². The smallest absolute Gasteiger partial charge is 0.315 e. The van der Waals surface area contributed by atoms with E-state index in [1.807, 2.05) is 13.0 Å². The van der Waals surface area contributed by atoms with E-state index >= 15 is 0 Å². The third-order valence-electron chi connectivity index (χ3n) is 3.72. The van der Waals surface area contributed by atoms with Crippen LogP contribution in [0.2, 0.25) is 0 Å². The number of benzene rings is 1. The molecule has 0 aliphatic rings. The van der Waals surface area contributed by atoms with E-state index in [9.17, 15) is 10.1 Å². The topological polar surface area (TPSA) is 67.2 Å². The van der Waals surface area contributed by atoms with Gasteiger partial charge >= 0.3 is 5.69 Å². The largest absolute Gasteiger partial charge is 0.380 e. The van der Waals surface area contributed by atoms with Crippen LogP contribution in [-0.4, -0.2) is 17.5 Å². The fourth-order valence-electron chi connectivity index (χ4n) is 2.55. The number of hydrogen-bond acceptors (Lipinski definition) is 4. The summed E-state index contributed by atoms with van der Waals surface area (Å²) in [4.78, 5) is 11.0.